The van der Waals surface area contributed by atoms with Crippen molar-refractivity contribution in [1.82, 2.24) is 0 Å². The van der Waals surface area contributed by atoms with E-state index in [-0.39, 0.29) is 5.75 Å². The van der Waals surface area contributed by atoms with Crippen molar-refractivity contribution in [2.75, 3.05) is 0 Å². The molecule has 0 atom stereocenters. The number of sulfone groups is 1. The first-order valence-electron chi connectivity index (χ1n) is 5.78. The SMILES string of the molecule is NCc1cccc(CS(=O)(=O)c2ccccc2Br)c1. The van der Waals surface area contributed by atoms with E-state index in [1.807, 2.05) is 18.2 Å². The summed E-state index contributed by atoms with van der Waals surface area (Å²) in [6.45, 7) is 0.406. The minimum Gasteiger partial charge on any atom is -0.326 e. The molecule has 0 bridgehead atoms. The predicted molar refractivity (Wildman–Crippen MR) is 79.4 cm³/mol. The Hall–Kier alpha value is -1.17. The highest BCUT2D eigenvalue weighted by Crippen LogP contribution is 2.24. The molecule has 0 unspecified atom stereocenters. The van der Waals surface area contributed by atoms with Crippen LogP contribution in [0.5, 0.6) is 0 Å². The van der Waals surface area contributed by atoms with E-state index in [0.717, 1.165) is 11.1 Å². The molecule has 0 fully saturated rings. The van der Waals surface area contributed by atoms with Gasteiger partial charge in [0.15, 0.2) is 9.84 Å². The van der Waals surface area contributed by atoms with Gasteiger partial charge in [0.1, 0.15) is 0 Å². The predicted octanol–water partition coefficient (Wildman–Crippen LogP) is 2.88. The molecule has 2 aromatic rings. The Balaban J connectivity index is 2.34. The van der Waals surface area contributed by atoms with Crippen LogP contribution in [0.2, 0.25) is 0 Å². The maximum atomic E-state index is 12.4. The van der Waals surface area contributed by atoms with Gasteiger partial charge in [-0.3, -0.25) is 0 Å². The summed E-state index contributed by atoms with van der Waals surface area (Å²) in [6, 6.07) is 14.2. The van der Waals surface area contributed by atoms with Gasteiger partial charge in [-0.25, -0.2) is 8.42 Å². The average Bonchev–Trinajstić information content (AvgIpc) is 2.38. The molecule has 0 aliphatic carbocycles. The molecule has 0 saturated heterocycles. The quantitative estimate of drug-likeness (QED) is 0.931. The van der Waals surface area contributed by atoms with Crippen molar-refractivity contribution in [3.8, 4) is 0 Å². The molecule has 100 valence electrons. The summed E-state index contributed by atoms with van der Waals surface area (Å²) < 4.78 is 25.3. The molecule has 0 aromatic heterocycles. The molecule has 19 heavy (non-hydrogen) atoms. The van der Waals surface area contributed by atoms with E-state index in [1.54, 1.807) is 30.3 Å². The molecular formula is C14H14BrNO2S. The summed E-state index contributed by atoms with van der Waals surface area (Å²) >= 11 is 3.27. The molecule has 5 heteroatoms. The molecule has 2 aromatic carbocycles. The maximum absolute atomic E-state index is 12.4. The standard InChI is InChI=1S/C14H14BrNO2S/c15-13-6-1-2-7-14(13)19(17,18)10-12-5-3-4-11(8-12)9-16/h1-8H,9-10,16H2. The highest BCUT2D eigenvalue weighted by molar-refractivity contribution is 9.10. The Labute approximate surface area is 121 Å². The van der Waals surface area contributed by atoms with Gasteiger partial charge in [0.25, 0.3) is 0 Å². The van der Waals surface area contributed by atoms with Crippen LogP contribution in [0.3, 0.4) is 0 Å². The Morgan fingerprint density at radius 2 is 1.68 bits per heavy atom. The Morgan fingerprint density at radius 3 is 2.37 bits per heavy atom. The second-order valence-electron chi connectivity index (χ2n) is 4.21. The van der Waals surface area contributed by atoms with Crippen LogP contribution in [-0.4, -0.2) is 8.42 Å². The monoisotopic (exact) mass is 339 g/mol. The van der Waals surface area contributed by atoms with Crippen molar-refractivity contribution in [3.05, 3.63) is 64.1 Å². The fourth-order valence-corrected chi connectivity index (χ4v) is 4.29. The minimum absolute atomic E-state index is 0.0244. The van der Waals surface area contributed by atoms with E-state index in [4.69, 9.17) is 5.73 Å². The second kappa shape index (κ2) is 5.86. The third-order valence-electron chi connectivity index (χ3n) is 2.76. The molecule has 2 rings (SSSR count). The molecule has 3 nitrogen and oxygen atoms in total. The number of hydrogen-bond acceptors (Lipinski definition) is 3. The normalized spacial score (nSPS) is 11.5. The van der Waals surface area contributed by atoms with Gasteiger partial charge in [-0.2, -0.15) is 0 Å². The van der Waals surface area contributed by atoms with Crippen LogP contribution >= 0.6 is 15.9 Å². The zero-order valence-corrected chi connectivity index (χ0v) is 12.6. The van der Waals surface area contributed by atoms with Crippen molar-refractivity contribution in [2.45, 2.75) is 17.2 Å². The Kier molecular flexibility index (Phi) is 4.39. The van der Waals surface area contributed by atoms with E-state index in [2.05, 4.69) is 15.9 Å². The van der Waals surface area contributed by atoms with Crippen LogP contribution in [-0.2, 0) is 22.1 Å². The molecule has 0 heterocycles. The van der Waals surface area contributed by atoms with Gasteiger partial charge in [0.05, 0.1) is 10.6 Å². The first-order valence-corrected chi connectivity index (χ1v) is 8.22. The van der Waals surface area contributed by atoms with Gasteiger partial charge in [0, 0.05) is 11.0 Å². The second-order valence-corrected chi connectivity index (χ2v) is 7.03. The van der Waals surface area contributed by atoms with Crippen molar-refractivity contribution in [1.29, 1.82) is 0 Å². The lowest BCUT2D eigenvalue weighted by Crippen LogP contribution is -2.06. The number of hydrogen-bond donors (Lipinski definition) is 1. The third-order valence-corrected chi connectivity index (χ3v) is 5.45. The van der Waals surface area contributed by atoms with Gasteiger partial charge in [-0.1, -0.05) is 36.4 Å². The summed E-state index contributed by atoms with van der Waals surface area (Å²) in [5, 5.41) is 0. The topological polar surface area (TPSA) is 60.2 Å². The van der Waals surface area contributed by atoms with Crippen LogP contribution in [0.15, 0.2) is 57.9 Å². The Morgan fingerprint density at radius 1 is 1.00 bits per heavy atom. The summed E-state index contributed by atoms with van der Waals surface area (Å²) in [5.41, 5.74) is 7.24. The minimum atomic E-state index is -3.36. The van der Waals surface area contributed by atoms with Crippen LogP contribution in [0, 0.1) is 0 Å². The van der Waals surface area contributed by atoms with Crippen LogP contribution in [0.1, 0.15) is 11.1 Å². The highest BCUT2D eigenvalue weighted by atomic mass is 79.9. The number of rotatable bonds is 4. The lowest BCUT2D eigenvalue weighted by molar-refractivity contribution is 0.595. The molecule has 0 aliphatic rings. The van der Waals surface area contributed by atoms with Crippen LogP contribution < -0.4 is 5.73 Å². The molecule has 0 radical (unpaired) electrons. The highest BCUT2D eigenvalue weighted by Gasteiger charge is 2.18. The van der Waals surface area contributed by atoms with Crippen molar-refractivity contribution >= 4 is 25.8 Å². The zero-order valence-electron chi connectivity index (χ0n) is 10.2. The fourth-order valence-electron chi connectivity index (χ4n) is 1.84. The zero-order chi connectivity index (χ0) is 13.9. The van der Waals surface area contributed by atoms with E-state index >= 15 is 0 Å². The Bertz CT molecular complexity index is 683. The van der Waals surface area contributed by atoms with E-state index in [9.17, 15) is 8.42 Å². The fraction of sp³-hybridized carbons (Fsp3) is 0.143. The van der Waals surface area contributed by atoms with Gasteiger partial charge in [-0.15, -0.1) is 0 Å². The lowest BCUT2D eigenvalue weighted by Gasteiger charge is -2.07. The first kappa shape index (κ1) is 14.2. The number of halogens is 1. The molecule has 0 amide bonds. The number of benzene rings is 2. The third kappa shape index (κ3) is 3.43. The van der Waals surface area contributed by atoms with Gasteiger partial charge >= 0.3 is 0 Å². The summed E-state index contributed by atoms with van der Waals surface area (Å²) in [7, 11) is -3.36. The van der Waals surface area contributed by atoms with Crippen molar-refractivity contribution < 1.29 is 8.42 Å². The largest absolute Gasteiger partial charge is 0.326 e. The smallest absolute Gasteiger partial charge is 0.183 e. The van der Waals surface area contributed by atoms with Gasteiger partial charge < -0.3 is 5.73 Å². The van der Waals surface area contributed by atoms with E-state index in [1.165, 1.54) is 0 Å². The summed E-state index contributed by atoms with van der Waals surface area (Å²) in [6.07, 6.45) is 0. The summed E-state index contributed by atoms with van der Waals surface area (Å²) in [4.78, 5) is 0.313. The van der Waals surface area contributed by atoms with Crippen LogP contribution in [0.25, 0.3) is 0 Å². The molecule has 0 saturated carbocycles. The summed E-state index contributed by atoms with van der Waals surface area (Å²) in [5.74, 6) is -0.0244. The lowest BCUT2D eigenvalue weighted by atomic mass is 10.1. The van der Waals surface area contributed by atoms with Crippen molar-refractivity contribution in [3.63, 3.8) is 0 Å². The number of nitrogens with two attached hydrogens (primary N) is 1. The van der Waals surface area contributed by atoms with Gasteiger partial charge in [-0.05, 0) is 39.2 Å². The van der Waals surface area contributed by atoms with Crippen molar-refractivity contribution in [2.24, 2.45) is 5.73 Å². The molecule has 0 spiro atoms. The molecule has 2 N–H and O–H groups in total. The van der Waals surface area contributed by atoms with E-state index < -0.39 is 9.84 Å². The maximum Gasteiger partial charge on any atom is 0.183 e. The van der Waals surface area contributed by atoms with E-state index in [0.29, 0.717) is 15.9 Å². The average molecular weight is 340 g/mol. The first-order chi connectivity index (χ1) is 9.03. The molecule has 0 aliphatic heterocycles. The van der Waals surface area contributed by atoms with Gasteiger partial charge in [0.2, 0.25) is 0 Å². The molecular weight excluding hydrogens is 326 g/mol. The van der Waals surface area contributed by atoms with Crippen LogP contribution in [0.4, 0.5) is 0 Å².